The van der Waals surface area contributed by atoms with E-state index in [4.69, 9.17) is 0 Å². The van der Waals surface area contributed by atoms with Crippen LogP contribution in [-0.4, -0.2) is 4.57 Å². The summed E-state index contributed by atoms with van der Waals surface area (Å²) in [6.07, 6.45) is 0. The molecule has 0 aliphatic heterocycles. The molecular weight excluding hydrogens is 757 g/mol. The van der Waals surface area contributed by atoms with E-state index in [1.807, 2.05) is 11.3 Å². The molecule has 0 spiro atoms. The fourth-order valence-corrected chi connectivity index (χ4v) is 10.5. The van der Waals surface area contributed by atoms with Crippen LogP contribution in [0.1, 0.15) is 0 Å². The molecule has 0 unspecified atom stereocenters. The number of hydrogen-bond acceptors (Lipinski definition) is 2. The van der Waals surface area contributed by atoms with Gasteiger partial charge in [0, 0.05) is 53.3 Å². The lowest BCUT2D eigenvalue weighted by atomic mass is 9.92. The Morgan fingerprint density at radius 2 is 0.918 bits per heavy atom. The van der Waals surface area contributed by atoms with Gasteiger partial charge in [0.25, 0.3) is 0 Å². The predicted molar refractivity (Wildman–Crippen MR) is 262 cm³/mol. The molecule has 0 atom stereocenters. The van der Waals surface area contributed by atoms with E-state index in [1.54, 1.807) is 0 Å². The molecular formula is C58H38N2S. The first-order valence-corrected chi connectivity index (χ1v) is 21.7. The van der Waals surface area contributed by atoms with Crippen LogP contribution in [0.3, 0.4) is 0 Å². The smallest absolute Gasteiger partial charge is 0.0547 e. The number of aromatic nitrogens is 1. The number of anilines is 3. The van der Waals surface area contributed by atoms with Gasteiger partial charge in [0.2, 0.25) is 0 Å². The van der Waals surface area contributed by atoms with Crippen LogP contribution in [0.4, 0.5) is 17.1 Å². The molecule has 2 heterocycles. The van der Waals surface area contributed by atoms with E-state index >= 15 is 0 Å². The average Bonchev–Trinajstić information content (AvgIpc) is 3.87. The van der Waals surface area contributed by atoms with E-state index in [2.05, 4.69) is 240 Å². The molecule has 61 heavy (non-hydrogen) atoms. The zero-order valence-electron chi connectivity index (χ0n) is 33.2. The maximum atomic E-state index is 2.46. The van der Waals surface area contributed by atoms with Gasteiger partial charge in [-0.2, -0.15) is 0 Å². The van der Waals surface area contributed by atoms with Crippen LogP contribution < -0.4 is 4.90 Å². The van der Waals surface area contributed by atoms with Crippen molar-refractivity contribution in [1.82, 2.24) is 4.57 Å². The molecule has 12 aromatic rings. The van der Waals surface area contributed by atoms with Gasteiger partial charge in [-0.15, -0.1) is 11.3 Å². The molecule has 0 N–H and O–H groups in total. The molecule has 3 heteroatoms. The van der Waals surface area contributed by atoms with E-state index in [0.29, 0.717) is 0 Å². The third-order valence-electron chi connectivity index (χ3n) is 12.2. The Labute approximate surface area is 358 Å². The molecule has 286 valence electrons. The molecule has 0 saturated heterocycles. The highest BCUT2D eigenvalue weighted by molar-refractivity contribution is 7.25. The molecule has 2 aromatic heterocycles. The van der Waals surface area contributed by atoms with Crippen LogP contribution in [0.2, 0.25) is 0 Å². The standard InChI is InChI=1S/C58H38N2S/c1-2-15-39(16-3-1)40-29-32-43(33-30-40)59(44-34-36-52-51-24-10-13-28-57(51)61-58(52)38-44)54-25-11-8-22-48(54)47-21-7-6-19-45(47)42-31-35-50-49-23-9-12-26-55(49)60(56(50)37-42)53-27-14-18-41-17-4-5-20-46(41)53/h1-38H. The molecule has 0 bridgehead atoms. The second-order valence-electron chi connectivity index (χ2n) is 15.7. The summed E-state index contributed by atoms with van der Waals surface area (Å²) in [4.78, 5) is 2.44. The van der Waals surface area contributed by atoms with E-state index in [0.717, 1.165) is 22.6 Å². The van der Waals surface area contributed by atoms with E-state index in [-0.39, 0.29) is 0 Å². The van der Waals surface area contributed by atoms with Crippen LogP contribution in [0, 0.1) is 0 Å². The van der Waals surface area contributed by atoms with Crippen molar-refractivity contribution in [2.45, 2.75) is 0 Å². The molecule has 0 radical (unpaired) electrons. The van der Waals surface area contributed by atoms with Gasteiger partial charge in [-0.05, 0) is 87.8 Å². The zero-order valence-corrected chi connectivity index (χ0v) is 34.1. The Hall–Kier alpha value is -7.72. The van der Waals surface area contributed by atoms with Gasteiger partial charge in [0.1, 0.15) is 0 Å². The third kappa shape index (κ3) is 5.93. The van der Waals surface area contributed by atoms with Crippen molar-refractivity contribution in [3.8, 4) is 39.1 Å². The SMILES string of the molecule is c1ccc(-c2ccc(N(c3ccc4c(c3)sc3ccccc34)c3ccccc3-c3ccccc3-c3ccc4c5ccccc5n(-c5cccc6ccccc56)c4c3)cc2)cc1. The maximum Gasteiger partial charge on any atom is 0.0547 e. The second-order valence-corrected chi connectivity index (χ2v) is 16.8. The van der Waals surface area contributed by atoms with Crippen LogP contribution in [0.5, 0.6) is 0 Å². The maximum absolute atomic E-state index is 2.46. The summed E-state index contributed by atoms with van der Waals surface area (Å²) in [6, 6.07) is 84.3. The molecule has 0 aliphatic rings. The Bertz CT molecular complexity index is 3590. The molecule has 0 amide bonds. The van der Waals surface area contributed by atoms with Crippen molar-refractivity contribution in [2.24, 2.45) is 0 Å². The highest BCUT2D eigenvalue weighted by Crippen LogP contribution is 2.46. The molecule has 0 fully saturated rings. The largest absolute Gasteiger partial charge is 0.310 e. The lowest BCUT2D eigenvalue weighted by Crippen LogP contribution is -2.11. The normalized spacial score (nSPS) is 11.6. The summed E-state index contributed by atoms with van der Waals surface area (Å²) in [5, 5.41) is 7.55. The van der Waals surface area contributed by atoms with E-state index in [9.17, 15) is 0 Å². The van der Waals surface area contributed by atoms with Gasteiger partial charge in [0.15, 0.2) is 0 Å². The molecule has 0 aliphatic carbocycles. The number of thiophene rings is 1. The van der Waals surface area contributed by atoms with Gasteiger partial charge in [-0.3, -0.25) is 0 Å². The van der Waals surface area contributed by atoms with Gasteiger partial charge in [-0.25, -0.2) is 0 Å². The number of para-hydroxylation sites is 2. The van der Waals surface area contributed by atoms with Crippen LogP contribution >= 0.6 is 11.3 Å². The molecule has 0 saturated carbocycles. The van der Waals surface area contributed by atoms with Crippen molar-refractivity contribution < 1.29 is 0 Å². The van der Waals surface area contributed by atoms with Crippen molar-refractivity contribution >= 4 is 81.1 Å². The zero-order chi connectivity index (χ0) is 40.3. The minimum absolute atomic E-state index is 1.10. The van der Waals surface area contributed by atoms with Crippen LogP contribution in [-0.2, 0) is 0 Å². The minimum atomic E-state index is 1.10. The fourth-order valence-electron chi connectivity index (χ4n) is 9.38. The summed E-state index contributed by atoms with van der Waals surface area (Å²) in [5.74, 6) is 0. The molecule has 12 rings (SSSR count). The Morgan fingerprint density at radius 1 is 0.328 bits per heavy atom. The first-order valence-electron chi connectivity index (χ1n) is 20.8. The Morgan fingerprint density at radius 3 is 1.79 bits per heavy atom. The number of hydrogen-bond donors (Lipinski definition) is 0. The second kappa shape index (κ2) is 14.5. The number of fused-ring (bicyclic) bond motifs is 7. The lowest BCUT2D eigenvalue weighted by molar-refractivity contribution is 1.20. The van der Waals surface area contributed by atoms with Crippen LogP contribution in [0.15, 0.2) is 231 Å². The van der Waals surface area contributed by atoms with Crippen molar-refractivity contribution in [1.29, 1.82) is 0 Å². The summed E-state index contributed by atoms with van der Waals surface area (Å²) in [7, 11) is 0. The fraction of sp³-hybridized carbons (Fsp3) is 0. The number of nitrogens with zero attached hydrogens (tertiary/aromatic N) is 2. The first kappa shape index (κ1) is 35.2. The number of rotatable bonds is 7. The van der Waals surface area contributed by atoms with E-state index in [1.165, 1.54) is 86.3 Å². The summed E-state index contributed by atoms with van der Waals surface area (Å²) < 4.78 is 5.04. The molecule has 2 nitrogen and oxygen atoms in total. The summed E-state index contributed by atoms with van der Waals surface area (Å²) >= 11 is 1.86. The highest BCUT2D eigenvalue weighted by Gasteiger charge is 2.21. The van der Waals surface area contributed by atoms with Gasteiger partial charge >= 0.3 is 0 Å². The average molecular weight is 795 g/mol. The summed E-state index contributed by atoms with van der Waals surface area (Å²) in [6.45, 7) is 0. The van der Waals surface area contributed by atoms with Crippen molar-refractivity contribution in [2.75, 3.05) is 4.90 Å². The Balaban J connectivity index is 1.05. The van der Waals surface area contributed by atoms with Gasteiger partial charge < -0.3 is 9.47 Å². The monoisotopic (exact) mass is 794 g/mol. The predicted octanol–water partition coefficient (Wildman–Crippen LogP) is 16.8. The lowest BCUT2D eigenvalue weighted by Gasteiger charge is -2.28. The quantitative estimate of drug-likeness (QED) is 0.156. The number of benzene rings is 10. The highest BCUT2D eigenvalue weighted by atomic mass is 32.1. The summed E-state index contributed by atoms with van der Waals surface area (Å²) in [5.41, 5.74) is 14.0. The first-order chi connectivity index (χ1) is 30.3. The van der Waals surface area contributed by atoms with Crippen LogP contribution in [0.25, 0.3) is 91.8 Å². The Kier molecular flexibility index (Phi) is 8.39. The minimum Gasteiger partial charge on any atom is -0.310 e. The van der Waals surface area contributed by atoms with Gasteiger partial charge in [0.05, 0.1) is 22.4 Å². The van der Waals surface area contributed by atoms with Gasteiger partial charge in [-0.1, -0.05) is 176 Å². The van der Waals surface area contributed by atoms with Crippen molar-refractivity contribution in [3.63, 3.8) is 0 Å². The molecule has 10 aromatic carbocycles. The van der Waals surface area contributed by atoms with Crippen molar-refractivity contribution in [3.05, 3.63) is 231 Å². The van der Waals surface area contributed by atoms with E-state index < -0.39 is 0 Å². The third-order valence-corrected chi connectivity index (χ3v) is 13.3. The topological polar surface area (TPSA) is 8.17 Å².